The molecule has 2 nitrogen and oxygen atoms in total. The van der Waals surface area contributed by atoms with Gasteiger partial charge in [-0.25, -0.2) is 0 Å². The average Bonchev–Trinajstić information content (AvgIpc) is 3.62. The van der Waals surface area contributed by atoms with Crippen molar-refractivity contribution < 1.29 is 0 Å². The van der Waals surface area contributed by atoms with Crippen LogP contribution in [-0.2, 0) is 6.42 Å². The maximum atomic E-state index is 2.49. The second-order valence-electron chi connectivity index (χ2n) is 11.7. The Morgan fingerprint density at radius 1 is 0.455 bits per heavy atom. The zero-order chi connectivity index (χ0) is 29.0. The fourth-order valence-electron chi connectivity index (χ4n) is 7.25. The van der Waals surface area contributed by atoms with Crippen LogP contribution >= 0.6 is 0 Å². The van der Waals surface area contributed by atoms with Crippen molar-refractivity contribution in [3.8, 4) is 33.6 Å². The minimum Gasteiger partial charge on any atom is -0.313 e. The Morgan fingerprint density at radius 2 is 1.16 bits per heavy atom. The van der Waals surface area contributed by atoms with E-state index in [9.17, 15) is 0 Å². The third kappa shape index (κ3) is 3.81. The normalized spacial score (nSPS) is 12.7. The van der Waals surface area contributed by atoms with Crippen LogP contribution in [0.15, 0.2) is 152 Å². The summed E-state index contributed by atoms with van der Waals surface area (Å²) < 4.78 is 4.89. The van der Waals surface area contributed by atoms with Gasteiger partial charge in [0.2, 0.25) is 0 Å². The standard InChI is InChI=1S/C42H30N2/c1-3-13-29(14-4-1)30-15-11-18-33(27-30)44-38-22-9-7-19-35(38)37-28-31(25-26-40(37)44)34-21-12-24-41-42(34)36-20-8-10-23-39(36)43(41)32-16-5-2-6-17-32/h1-8,10-21,23-28H,9,22H2. The molecule has 0 aliphatic heterocycles. The highest BCUT2D eigenvalue weighted by Crippen LogP contribution is 2.41. The largest absolute Gasteiger partial charge is 0.313 e. The van der Waals surface area contributed by atoms with Crippen LogP contribution in [0.3, 0.4) is 0 Å². The molecule has 1 aliphatic rings. The molecule has 8 aromatic rings. The van der Waals surface area contributed by atoms with E-state index in [4.69, 9.17) is 0 Å². The van der Waals surface area contributed by atoms with E-state index in [1.165, 1.54) is 77.6 Å². The molecule has 0 radical (unpaired) electrons. The first-order chi connectivity index (χ1) is 21.8. The molecule has 6 aromatic carbocycles. The highest BCUT2D eigenvalue weighted by Gasteiger charge is 2.21. The van der Waals surface area contributed by atoms with E-state index in [0.29, 0.717) is 0 Å². The van der Waals surface area contributed by atoms with E-state index in [2.05, 4.69) is 167 Å². The number of fused-ring (bicyclic) bond motifs is 6. The van der Waals surface area contributed by atoms with Gasteiger partial charge >= 0.3 is 0 Å². The van der Waals surface area contributed by atoms with Crippen molar-refractivity contribution in [3.63, 3.8) is 0 Å². The van der Waals surface area contributed by atoms with Gasteiger partial charge in [-0.15, -0.1) is 0 Å². The molecule has 2 aromatic heterocycles. The lowest BCUT2D eigenvalue weighted by atomic mass is 9.96. The van der Waals surface area contributed by atoms with E-state index in [1.54, 1.807) is 0 Å². The summed E-state index contributed by atoms with van der Waals surface area (Å²) in [5, 5.41) is 3.88. The van der Waals surface area contributed by atoms with E-state index >= 15 is 0 Å². The number of allylic oxidation sites excluding steroid dienone is 1. The number of hydrogen-bond acceptors (Lipinski definition) is 0. The van der Waals surface area contributed by atoms with Crippen molar-refractivity contribution in [1.29, 1.82) is 0 Å². The molecular formula is C42H30N2. The molecule has 44 heavy (non-hydrogen) atoms. The molecule has 0 fully saturated rings. The number of hydrogen-bond donors (Lipinski definition) is 0. The second-order valence-corrected chi connectivity index (χ2v) is 11.7. The van der Waals surface area contributed by atoms with Crippen LogP contribution in [-0.4, -0.2) is 9.13 Å². The Kier molecular flexibility index (Phi) is 5.67. The molecule has 2 heterocycles. The number of aromatic nitrogens is 2. The van der Waals surface area contributed by atoms with Crippen LogP contribution in [0, 0.1) is 0 Å². The van der Waals surface area contributed by atoms with Gasteiger partial charge in [-0.2, -0.15) is 0 Å². The van der Waals surface area contributed by atoms with E-state index < -0.39 is 0 Å². The summed E-state index contributed by atoms with van der Waals surface area (Å²) in [7, 11) is 0. The van der Waals surface area contributed by atoms with Gasteiger partial charge in [-0.05, 0) is 83.6 Å². The Balaban J connectivity index is 1.27. The Hall–Kier alpha value is -5.60. The third-order valence-corrected chi connectivity index (χ3v) is 9.18. The molecule has 0 N–H and O–H groups in total. The molecule has 9 rings (SSSR count). The highest BCUT2D eigenvalue weighted by atomic mass is 15.0. The van der Waals surface area contributed by atoms with Crippen molar-refractivity contribution >= 4 is 38.8 Å². The van der Waals surface area contributed by atoms with Gasteiger partial charge in [-0.1, -0.05) is 109 Å². The summed E-state index contributed by atoms with van der Waals surface area (Å²) in [4.78, 5) is 0. The molecule has 1 aliphatic carbocycles. The number of benzene rings is 6. The van der Waals surface area contributed by atoms with Crippen molar-refractivity contribution in [2.75, 3.05) is 0 Å². The van der Waals surface area contributed by atoms with Crippen molar-refractivity contribution in [2.45, 2.75) is 12.8 Å². The van der Waals surface area contributed by atoms with Crippen LogP contribution < -0.4 is 0 Å². The van der Waals surface area contributed by atoms with Crippen LogP contribution in [0.25, 0.3) is 72.4 Å². The molecule has 0 bridgehead atoms. The number of para-hydroxylation sites is 2. The molecular weight excluding hydrogens is 532 g/mol. The summed E-state index contributed by atoms with van der Waals surface area (Å²) in [6.45, 7) is 0. The molecule has 0 amide bonds. The maximum absolute atomic E-state index is 2.49. The van der Waals surface area contributed by atoms with Crippen molar-refractivity contribution in [3.05, 3.63) is 163 Å². The van der Waals surface area contributed by atoms with Crippen molar-refractivity contribution in [2.24, 2.45) is 0 Å². The minimum absolute atomic E-state index is 1.03. The molecule has 0 saturated heterocycles. The number of nitrogens with zero attached hydrogens (tertiary/aromatic N) is 2. The number of rotatable bonds is 4. The van der Waals surface area contributed by atoms with Gasteiger partial charge in [0, 0.05) is 38.8 Å². The molecule has 0 spiro atoms. The maximum Gasteiger partial charge on any atom is 0.0547 e. The van der Waals surface area contributed by atoms with Crippen LogP contribution in [0.1, 0.15) is 17.7 Å². The zero-order valence-electron chi connectivity index (χ0n) is 24.3. The van der Waals surface area contributed by atoms with Crippen LogP contribution in [0.4, 0.5) is 0 Å². The average molecular weight is 563 g/mol. The lowest BCUT2D eigenvalue weighted by Gasteiger charge is -2.14. The predicted molar refractivity (Wildman–Crippen MR) is 186 cm³/mol. The van der Waals surface area contributed by atoms with E-state index in [1.807, 2.05) is 0 Å². The Labute approximate surface area is 256 Å². The van der Waals surface area contributed by atoms with Gasteiger partial charge in [0.25, 0.3) is 0 Å². The van der Waals surface area contributed by atoms with Gasteiger partial charge in [0.05, 0.1) is 16.6 Å². The molecule has 0 unspecified atom stereocenters. The fourth-order valence-corrected chi connectivity index (χ4v) is 7.25. The fraction of sp³-hybridized carbons (Fsp3) is 0.0476. The molecule has 208 valence electrons. The topological polar surface area (TPSA) is 9.86 Å². The summed E-state index contributed by atoms with van der Waals surface area (Å²) in [5.41, 5.74) is 13.8. The smallest absolute Gasteiger partial charge is 0.0547 e. The van der Waals surface area contributed by atoms with Gasteiger partial charge in [-0.3, -0.25) is 0 Å². The first-order valence-electron chi connectivity index (χ1n) is 15.4. The third-order valence-electron chi connectivity index (χ3n) is 9.18. The molecule has 2 heteroatoms. The molecule has 0 saturated carbocycles. The van der Waals surface area contributed by atoms with Crippen molar-refractivity contribution in [1.82, 2.24) is 9.13 Å². The minimum atomic E-state index is 1.03. The molecule has 0 atom stereocenters. The summed E-state index contributed by atoms with van der Waals surface area (Å²) in [5.74, 6) is 0. The van der Waals surface area contributed by atoms with Crippen LogP contribution in [0.5, 0.6) is 0 Å². The van der Waals surface area contributed by atoms with Gasteiger partial charge in [0.1, 0.15) is 0 Å². The first kappa shape index (κ1) is 24.9. The predicted octanol–water partition coefficient (Wildman–Crippen LogP) is 11.0. The van der Waals surface area contributed by atoms with E-state index in [0.717, 1.165) is 12.8 Å². The Bertz CT molecular complexity index is 2370. The van der Waals surface area contributed by atoms with Gasteiger partial charge in [0.15, 0.2) is 0 Å². The Morgan fingerprint density at radius 3 is 2.05 bits per heavy atom. The highest BCUT2D eigenvalue weighted by molar-refractivity contribution is 6.16. The monoisotopic (exact) mass is 562 g/mol. The lowest BCUT2D eigenvalue weighted by molar-refractivity contribution is 0.889. The lowest BCUT2D eigenvalue weighted by Crippen LogP contribution is -2.03. The summed E-state index contributed by atoms with van der Waals surface area (Å²) in [6, 6.07) is 53.0. The first-order valence-corrected chi connectivity index (χ1v) is 15.4. The van der Waals surface area contributed by atoms with E-state index in [-0.39, 0.29) is 0 Å². The zero-order valence-corrected chi connectivity index (χ0v) is 24.3. The SMILES string of the molecule is C1=Cc2c(n(-c3cccc(-c4ccccc4)c3)c3ccc(-c4cccc5c4c4ccccc4n5-c4ccccc4)cc23)CC1. The summed E-state index contributed by atoms with van der Waals surface area (Å²) >= 11 is 0. The quantitative estimate of drug-likeness (QED) is 0.202. The van der Waals surface area contributed by atoms with Crippen LogP contribution in [0.2, 0.25) is 0 Å². The summed E-state index contributed by atoms with van der Waals surface area (Å²) in [6.07, 6.45) is 6.76. The van der Waals surface area contributed by atoms with Gasteiger partial charge < -0.3 is 9.13 Å². The second kappa shape index (κ2) is 10.00.